The number of amides is 1. The Bertz CT molecular complexity index is 394. The van der Waals surface area contributed by atoms with Crippen molar-refractivity contribution in [1.82, 2.24) is 4.98 Å². The number of anilines is 1. The van der Waals surface area contributed by atoms with Gasteiger partial charge >= 0.3 is 0 Å². The minimum atomic E-state index is -0.446. The molecule has 1 aromatic heterocycles. The molecule has 1 aromatic rings. The smallest absolute Gasteiger partial charge is 0.243 e. The second-order valence-electron chi connectivity index (χ2n) is 4.64. The van der Waals surface area contributed by atoms with E-state index in [2.05, 4.69) is 10.3 Å². The number of fused-ring (bicyclic) bond motifs is 1. The highest BCUT2D eigenvalue weighted by atomic mass is 32.1. The van der Waals surface area contributed by atoms with Crippen molar-refractivity contribution in [2.75, 3.05) is 5.32 Å². The lowest BCUT2D eigenvalue weighted by Crippen LogP contribution is -2.40. The van der Waals surface area contributed by atoms with Crippen molar-refractivity contribution in [2.24, 2.45) is 11.7 Å². The van der Waals surface area contributed by atoms with Crippen LogP contribution in [0.3, 0.4) is 0 Å². The van der Waals surface area contributed by atoms with Crippen molar-refractivity contribution in [1.29, 1.82) is 0 Å². The lowest BCUT2D eigenvalue weighted by atomic mass is 10.00. The molecule has 0 aliphatic heterocycles. The fourth-order valence-corrected chi connectivity index (χ4v) is 3.00. The van der Waals surface area contributed by atoms with Gasteiger partial charge < -0.3 is 11.1 Å². The number of hydrogen-bond donors (Lipinski definition) is 2. The molecule has 5 heteroatoms. The Hall–Kier alpha value is -0.940. The lowest BCUT2D eigenvalue weighted by molar-refractivity contribution is -0.118. The average Bonchev–Trinajstić information content (AvgIpc) is 2.87. The van der Waals surface area contributed by atoms with E-state index in [0.717, 1.165) is 25.0 Å². The highest BCUT2D eigenvalue weighted by molar-refractivity contribution is 7.15. The van der Waals surface area contributed by atoms with Crippen molar-refractivity contribution in [3.63, 3.8) is 0 Å². The third-order valence-electron chi connectivity index (χ3n) is 3.39. The van der Waals surface area contributed by atoms with Crippen LogP contribution in [0, 0.1) is 5.92 Å². The number of rotatable bonds is 4. The maximum Gasteiger partial charge on any atom is 0.243 e. The van der Waals surface area contributed by atoms with Crippen molar-refractivity contribution in [2.45, 2.75) is 45.6 Å². The fraction of sp³-hybridized carbons (Fsp3) is 0.667. The van der Waals surface area contributed by atoms with E-state index in [1.54, 1.807) is 11.3 Å². The summed E-state index contributed by atoms with van der Waals surface area (Å²) in [5, 5.41) is 3.54. The minimum Gasteiger partial charge on any atom is -0.320 e. The number of aromatic nitrogens is 1. The van der Waals surface area contributed by atoms with Crippen LogP contribution in [0.25, 0.3) is 0 Å². The summed E-state index contributed by atoms with van der Waals surface area (Å²) in [5.41, 5.74) is 7.03. The van der Waals surface area contributed by atoms with Gasteiger partial charge in [0.1, 0.15) is 0 Å². The van der Waals surface area contributed by atoms with Gasteiger partial charge in [-0.3, -0.25) is 4.79 Å². The largest absolute Gasteiger partial charge is 0.320 e. The summed E-state index contributed by atoms with van der Waals surface area (Å²) in [6.45, 7) is 4.03. The lowest BCUT2D eigenvalue weighted by Gasteiger charge is -2.16. The SMILES string of the molecule is CCC(C)[C@H](N)C(=O)Nc1nc2c(s1)CCC2. The van der Waals surface area contributed by atoms with Crippen LogP contribution in [0.5, 0.6) is 0 Å². The second-order valence-corrected chi connectivity index (χ2v) is 5.73. The van der Waals surface area contributed by atoms with E-state index < -0.39 is 6.04 Å². The predicted octanol–water partition coefficient (Wildman–Crippen LogP) is 1.94. The van der Waals surface area contributed by atoms with E-state index in [0.29, 0.717) is 5.13 Å². The molecule has 4 nitrogen and oxygen atoms in total. The quantitative estimate of drug-likeness (QED) is 0.861. The third-order valence-corrected chi connectivity index (χ3v) is 4.46. The van der Waals surface area contributed by atoms with Gasteiger partial charge in [0.15, 0.2) is 5.13 Å². The number of nitrogens with one attached hydrogen (secondary N) is 1. The first-order valence-corrected chi connectivity index (χ1v) is 6.98. The summed E-state index contributed by atoms with van der Waals surface area (Å²) in [5.74, 6) is 0.0774. The Morgan fingerprint density at radius 3 is 3.00 bits per heavy atom. The Kier molecular flexibility index (Phi) is 3.79. The summed E-state index contributed by atoms with van der Waals surface area (Å²) in [6.07, 6.45) is 4.23. The number of carbonyl (C=O) groups is 1. The molecule has 2 atom stereocenters. The first kappa shape index (κ1) is 12.5. The molecule has 1 aliphatic rings. The summed E-state index contributed by atoms with van der Waals surface area (Å²) >= 11 is 1.59. The van der Waals surface area contributed by atoms with Crippen LogP contribution in [-0.2, 0) is 17.6 Å². The predicted molar refractivity (Wildman–Crippen MR) is 70.2 cm³/mol. The topological polar surface area (TPSA) is 68.0 Å². The molecule has 94 valence electrons. The molecule has 1 amide bonds. The number of carbonyl (C=O) groups excluding carboxylic acids is 1. The van der Waals surface area contributed by atoms with Gasteiger partial charge in [-0.1, -0.05) is 20.3 Å². The van der Waals surface area contributed by atoms with E-state index in [9.17, 15) is 4.79 Å². The van der Waals surface area contributed by atoms with Crippen LogP contribution in [0.15, 0.2) is 0 Å². The summed E-state index contributed by atoms with van der Waals surface area (Å²) in [4.78, 5) is 17.6. The number of thiazole rings is 1. The zero-order chi connectivity index (χ0) is 12.4. The van der Waals surface area contributed by atoms with E-state index in [-0.39, 0.29) is 11.8 Å². The first-order valence-electron chi connectivity index (χ1n) is 6.16. The highest BCUT2D eigenvalue weighted by Crippen LogP contribution is 2.30. The second kappa shape index (κ2) is 5.14. The molecule has 3 N–H and O–H groups in total. The monoisotopic (exact) mass is 253 g/mol. The van der Waals surface area contributed by atoms with Crippen LogP contribution in [-0.4, -0.2) is 16.9 Å². The summed E-state index contributed by atoms with van der Waals surface area (Å²) in [6, 6.07) is -0.446. The van der Waals surface area contributed by atoms with Crippen LogP contribution in [0.2, 0.25) is 0 Å². The van der Waals surface area contributed by atoms with Gasteiger partial charge in [-0.25, -0.2) is 4.98 Å². The molecule has 0 spiro atoms. The van der Waals surface area contributed by atoms with Crippen LogP contribution in [0.1, 0.15) is 37.3 Å². The Balaban J connectivity index is 1.98. The van der Waals surface area contributed by atoms with Gasteiger partial charge in [0.2, 0.25) is 5.91 Å². The van der Waals surface area contributed by atoms with Crippen molar-refractivity contribution in [3.05, 3.63) is 10.6 Å². The molecule has 1 heterocycles. The normalized spacial score (nSPS) is 17.6. The molecule has 0 fully saturated rings. The van der Waals surface area contributed by atoms with Crippen LogP contribution in [0.4, 0.5) is 5.13 Å². The van der Waals surface area contributed by atoms with Gasteiger partial charge in [0.05, 0.1) is 11.7 Å². The van der Waals surface area contributed by atoms with E-state index in [1.807, 2.05) is 13.8 Å². The Morgan fingerprint density at radius 2 is 2.35 bits per heavy atom. The maximum atomic E-state index is 11.9. The maximum absolute atomic E-state index is 11.9. The van der Waals surface area contributed by atoms with E-state index in [1.165, 1.54) is 11.3 Å². The van der Waals surface area contributed by atoms with Crippen molar-refractivity contribution >= 4 is 22.4 Å². The number of aryl methyl sites for hydroxylation is 2. The van der Waals surface area contributed by atoms with E-state index in [4.69, 9.17) is 5.73 Å². The first-order chi connectivity index (χ1) is 8.11. The molecule has 2 rings (SSSR count). The van der Waals surface area contributed by atoms with Crippen LogP contribution < -0.4 is 11.1 Å². The number of nitrogens with two attached hydrogens (primary N) is 1. The summed E-state index contributed by atoms with van der Waals surface area (Å²) in [7, 11) is 0. The fourth-order valence-electron chi connectivity index (χ4n) is 1.94. The van der Waals surface area contributed by atoms with Gasteiger partial charge in [-0.2, -0.15) is 0 Å². The van der Waals surface area contributed by atoms with Gasteiger partial charge in [0.25, 0.3) is 0 Å². The Labute approximate surface area is 106 Å². The molecule has 0 aromatic carbocycles. The molecule has 17 heavy (non-hydrogen) atoms. The molecule has 1 aliphatic carbocycles. The van der Waals surface area contributed by atoms with Gasteiger partial charge in [-0.05, 0) is 25.2 Å². The molecule has 0 saturated heterocycles. The zero-order valence-corrected chi connectivity index (χ0v) is 11.1. The third kappa shape index (κ3) is 2.66. The highest BCUT2D eigenvalue weighted by Gasteiger charge is 2.22. The van der Waals surface area contributed by atoms with Gasteiger partial charge in [0, 0.05) is 4.88 Å². The van der Waals surface area contributed by atoms with Crippen molar-refractivity contribution < 1.29 is 4.79 Å². The average molecular weight is 253 g/mol. The molecule has 0 saturated carbocycles. The zero-order valence-electron chi connectivity index (χ0n) is 10.3. The molecule has 0 bridgehead atoms. The van der Waals surface area contributed by atoms with Crippen molar-refractivity contribution in [3.8, 4) is 0 Å². The Morgan fingerprint density at radius 1 is 1.59 bits per heavy atom. The van der Waals surface area contributed by atoms with Gasteiger partial charge in [-0.15, -0.1) is 11.3 Å². The standard InChI is InChI=1S/C12H19N3OS/c1-3-7(2)10(13)11(16)15-12-14-8-5-4-6-9(8)17-12/h7,10H,3-6,13H2,1-2H3,(H,14,15,16)/t7?,10-/m0/s1. The molecule has 1 unspecified atom stereocenters. The summed E-state index contributed by atoms with van der Waals surface area (Å²) < 4.78 is 0. The van der Waals surface area contributed by atoms with Crippen LogP contribution >= 0.6 is 11.3 Å². The van der Waals surface area contributed by atoms with E-state index >= 15 is 0 Å². The molecular formula is C12H19N3OS. The number of hydrogen-bond acceptors (Lipinski definition) is 4. The number of nitrogens with zero attached hydrogens (tertiary/aromatic N) is 1. The molecular weight excluding hydrogens is 234 g/mol. The molecule has 0 radical (unpaired) electrons. The minimum absolute atomic E-state index is 0.119.